The van der Waals surface area contributed by atoms with Gasteiger partial charge in [-0.25, -0.2) is 4.99 Å². The maximum atomic E-state index is 11.5. The van der Waals surface area contributed by atoms with E-state index in [0.29, 0.717) is 18.0 Å². The van der Waals surface area contributed by atoms with Crippen LogP contribution < -0.4 is 4.74 Å². The largest absolute Gasteiger partial charge is 0.497 e. The minimum absolute atomic E-state index is 0.522. The molecule has 0 bridgehead atoms. The van der Waals surface area contributed by atoms with Gasteiger partial charge in [-0.3, -0.25) is 9.69 Å². The van der Waals surface area contributed by atoms with E-state index >= 15 is 0 Å². The molecule has 1 fully saturated rings. The molecule has 0 atom stereocenters. The molecule has 2 heterocycles. The number of carboxylic acids is 1. The van der Waals surface area contributed by atoms with Crippen molar-refractivity contribution in [3.05, 3.63) is 65.8 Å². The monoisotopic (exact) mass is 425 g/mol. The van der Waals surface area contributed by atoms with Crippen LogP contribution in [0.15, 0.2) is 59.6 Å². The number of nitrogens with zero attached hydrogens (tertiary/aromatic N) is 3. The van der Waals surface area contributed by atoms with Gasteiger partial charge in [-0.1, -0.05) is 18.2 Å². The van der Waals surface area contributed by atoms with Crippen LogP contribution in [0.2, 0.25) is 0 Å². The van der Waals surface area contributed by atoms with E-state index in [2.05, 4.69) is 22.4 Å². The molecule has 31 heavy (non-hydrogen) atoms. The highest BCUT2D eigenvalue weighted by molar-refractivity contribution is 6.02. The van der Waals surface area contributed by atoms with Crippen molar-refractivity contribution in [2.75, 3.05) is 39.8 Å². The molecule has 1 N–H and O–H groups in total. The van der Waals surface area contributed by atoms with Gasteiger partial charge < -0.3 is 19.5 Å². The topological polar surface area (TPSA) is 74.6 Å². The number of benzene rings is 1. The highest BCUT2D eigenvalue weighted by Crippen LogP contribution is 2.28. The third-order valence-electron chi connectivity index (χ3n) is 5.49. The van der Waals surface area contributed by atoms with Gasteiger partial charge in [0.15, 0.2) is 0 Å². The number of allylic oxidation sites excluding steroid dienone is 2. The van der Waals surface area contributed by atoms with Crippen molar-refractivity contribution in [1.29, 1.82) is 0 Å². The third-order valence-corrected chi connectivity index (χ3v) is 5.49. The second-order valence-corrected chi connectivity index (χ2v) is 8.55. The molecule has 2 aliphatic rings. The van der Waals surface area contributed by atoms with E-state index in [4.69, 9.17) is 14.5 Å². The Morgan fingerprint density at radius 2 is 2.03 bits per heavy atom. The van der Waals surface area contributed by atoms with E-state index in [0.717, 1.165) is 48.9 Å². The maximum Gasteiger partial charge on any atom is 0.310 e. The van der Waals surface area contributed by atoms with Crippen molar-refractivity contribution in [2.24, 2.45) is 10.4 Å². The third kappa shape index (κ3) is 5.55. The molecular formula is C24H31N3O4. The molecule has 3 rings (SSSR count). The van der Waals surface area contributed by atoms with Crippen molar-refractivity contribution < 1.29 is 19.4 Å². The Morgan fingerprint density at radius 1 is 1.32 bits per heavy atom. The van der Waals surface area contributed by atoms with Crippen LogP contribution in [-0.4, -0.2) is 66.5 Å². The van der Waals surface area contributed by atoms with Crippen molar-refractivity contribution in [2.45, 2.75) is 20.8 Å². The molecule has 166 valence electrons. The van der Waals surface area contributed by atoms with E-state index in [-0.39, 0.29) is 0 Å². The number of carbonyl (C=O) groups is 1. The zero-order valence-electron chi connectivity index (χ0n) is 18.7. The van der Waals surface area contributed by atoms with Gasteiger partial charge >= 0.3 is 5.97 Å². The summed E-state index contributed by atoms with van der Waals surface area (Å²) in [6.45, 7) is 13.0. The highest BCUT2D eigenvalue weighted by Gasteiger charge is 2.32. The second-order valence-electron chi connectivity index (χ2n) is 8.55. The summed E-state index contributed by atoms with van der Waals surface area (Å²) in [4.78, 5) is 20.8. The lowest BCUT2D eigenvalue weighted by atomic mass is 9.93. The first-order valence-electron chi connectivity index (χ1n) is 10.4. The Kier molecular flexibility index (Phi) is 6.85. The molecular weight excluding hydrogens is 394 g/mol. The predicted octanol–water partition coefficient (Wildman–Crippen LogP) is 3.42. The number of fused-ring (bicyclic) bond motifs is 1. The fraction of sp³-hybridized carbons (Fsp3) is 0.417. The van der Waals surface area contributed by atoms with E-state index in [9.17, 15) is 9.90 Å². The van der Waals surface area contributed by atoms with E-state index < -0.39 is 11.4 Å². The molecule has 0 aliphatic carbocycles. The normalized spacial score (nSPS) is 17.4. The summed E-state index contributed by atoms with van der Waals surface area (Å²) in [5.41, 5.74) is 1.97. The Morgan fingerprint density at radius 3 is 2.68 bits per heavy atom. The van der Waals surface area contributed by atoms with Gasteiger partial charge in [0.05, 0.1) is 18.1 Å². The number of aliphatic carboxylic acids is 1. The Labute approximate surface area is 184 Å². The minimum atomic E-state index is -0.774. The number of carboxylic acid groups (broad SMARTS) is 1. The van der Waals surface area contributed by atoms with Gasteiger partial charge in [0.1, 0.15) is 29.3 Å². The van der Waals surface area contributed by atoms with E-state index in [1.807, 2.05) is 25.1 Å². The van der Waals surface area contributed by atoms with Gasteiger partial charge in [-0.05, 0) is 45.1 Å². The van der Waals surface area contributed by atoms with Gasteiger partial charge in [0, 0.05) is 32.7 Å². The van der Waals surface area contributed by atoms with Crippen LogP contribution in [0, 0.1) is 12.3 Å². The smallest absolute Gasteiger partial charge is 0.310 e. The molecule has 0 aromatic heterocycles. The van der Waals surface area contributed by atoms with Crippen molar-refractivity contribution in [3.63, 3.8) is 0 Å². The van der Waals surface area contributed by atoms with Crippen LogP contribution in [0.5, 0.6) is 5.75 Å². The quantitative estimate of drug-likeness (QED) is 0.556. The highest BCUT2D eigenvalue weighted by atomic mass is 16.5. The van der Waals surface area contributed by atoms with Crippen molar-refractivity contribution >= 4 is 11.8 Å². The lowest BCUT2D eigenvalue weighted by Gasteiger charge is -2.39. The van der Waals surface area contributed by atoms with E-state index in [1.165, 1.54) is 0 Å². The van der Waals surface area contributed by atoms with Gasteiger partial charge in [-0.15, -0.1) is 0 Å². The van der Waals surface area contributed by atoms with E-state index in [1.54, 1.807) is 33.3 Å². The number of aryl methyl sites for hydroxylation is 1. The summed E-state index contributed by atoms with van der Waals surface area (Å²) < 4.78 is 11.0. The minimum Gasteiger partial charge on any atom is -0.497 e. The summed E-state index contributed by atoms with van der Waals surface area (Å²) in [5, 5.41) is 9.43. The van der Waals surface area contributed by atoms with Gasteiger partial charge in [0.25, 0.3) is 0 Å². The molecule has 0 radical (unpaired) electrons. The molecule has 2 aliphatic heterocycles. The van der Waals surface area contributed by atoms with Crippen LogP contribution in [0.4, 0.5) is 0 Å². The Bertz CT molecular complexity index is 938. The standard InChI is InChI=1S/C24H31N3O4/c1-17-6-9-21-20(14-17)22(25-19(15-31-21)8-7-18(2)30-5)27-12-10-26(11-13-27)16-24(3,4)23(28)29/h6-9,14-15H,2,10-13,16H2,1,3-5H3,(H,28,29)/b8-7-. The first-order chi connectivity index (χ1) is 14.7. The number of rotatable bonds is 6. The number of ether oxygens (including phenoxy) is 2. The Balaban J connectivity index is 1.83. The summed E-state index contributed by atoms with van der Waals surface area (Å²) in [7, 11) is 1.57. The van der Waals surface area contributed by atoms with Crippen LogP contribution in [-0.2, 0) is 9.53 Å². The SMILES string of the molecule is C=C(/C=C\C1=COc2ccc(C)cc2C(N2CCN(CC(C)(C)C(=O)O)CC2)=N1)OC. The number of hydrogen-bond donors (Lipinski definition) is 1. The second kappa shape index (κ2) is 9.39. The maximum absolute atomic E-state index is 11.5. The molecule has 0 amide bonds. The molecule has 1 aromatic carbocycles. The van der Waals surface area contributed by atoms with Crippen molar-refractivity contribution in [3.8, 4) is 5.75 Å². The van der Waals surface area contributed by atoms with Gasteiger partial charge in [0.2, 0.25) is 0 Å². The summed E-state index contributed by atoms with van der Waals surface area (Å²) in [6.07, 6.45) is 5.20. The predicted molar refractivity (Wildman–Crippen MR) is 121 cm³/mol. The number of hydrogen-bond acceptors (Lipinski definition) is 6. The fourth-order valence-corrected chi connectivity index (χ4v) is 3.56. The molecule has 0 spiro atoms. The first-order valence-corrected chi connectivity index (χ1v) is 10.4. The van der Waals surface area contributed by atoms with Crippen molar-refractivity contribution in [1.82, 2.24) is 9.80 Å². The van der Waals surface area contributed by atoms with Crippen LogP contribution >= 0.6 is 0 Å². The summed E-state index contributed by atoms with van der Waals surface area (Å²) >= 11 is 0. The van der Waals surface area contributed by atoms with Crippen LogP contribution in [0.25, 0.3) is 0 Å². The molecule has 1 saturated heterocycles. The molecule has 0 saturated carbocycles. The summed E-state index contributed by atoms with van der Waals surface area (Å²) in [5.74, 6) is 1.37. The summed E-state index contributed by atoms with van der Waals surface area (Å²) in [6, 6.07) is 6.07. The van der Waals surface area contributed by atoms with Crippen LogP contribution in [0.3, 0.4) is 0 Å². The number of piperazine rings is 1. The average Bonchev–Trinajstić information content (AvgIpc) is 2.91. The first kappa shape index (κ1) is 22.6. The zero-order valence-corrected chi connectivity index (χ0v) is 18.7. The average molecular weight is 426 g/mol. The fourth-order valence-electron chi connectivity index (χ4n) is 3.56. The molecule has 1 aromatic rings. The van der Waals surface area contributed by atoms with Crippen LogP contribution in [0.1, 0.15) is 25.0 Å². The molecule has 7 nitrogen and oxygen atoms in total. The lowest BCUT2D eigenvalue weighted by molar-refractivity contribution is -0.148. The number of amidine groups is 1. The Hall–Kier alpha value is -3.06. The zero-order chi connectivity index (χ0) is 22.6. The van der Waals surface area contributed by atoms with Gasteiger partial charge in [-0.2, -0.15) is 0 Å². The number of methoxy groups -OCH3 is 1. The lowest BCUT2D eigenvalue weighted by Crippen LogP contribution is -2.52. The number of aliphatic imine (C=N–C) groups is 1. The molecule has 0 unspecified atom stereocenters. The molecule has 7 heteroatoms.